The van der Waals surface area contributed by atoms with Crippen LogP contribution in [0.15, 0.2) is 48.5 Å². The highest BCUT2D eigenvalue weighted by Crippen LogP contribution is 2.30. The van der Waals surface area contributed by atoms with Crippen molar-refractivity contribution < 1.29 is 23.0 Å². The number of amides is 1. The Kier molecular flexibility index (Phi) is 3.91. The SMILES string of the molecule is O=C(Nc1ccccc1OC(F)F)C1Cc2ccccc2O1. The van der Waals surface area contributed by atoms with Crippen LogP contribution >= 0.6 is 0 Å². The third-order valence-electron chi connectivity index (χ3n) is 3.30. The molecule has 1 amide bonds. The summed E-state index contributed by atoms with van der Waals surface area (Å²) in [5.74, 6) is 0.183. The first-order valence-electron chi connectivity index (χ1n) is 6.73. The van der Waals surface area contributed by atoms with Crippen LogP contribution in [-0.4, -0.2) is 18.6 Å². The maximum atomic E-state index is 12.4. The van der Waals surface area contributed by atoms with Crippen molar-refractivity contribution in [3.8, 4) is 11.5 Å². The summed E-state index contributed by atoms with van der Waals surface area (Å²) in [6, 6.07) is 13.4. The van der Waals surface area contributed by atoms with Gasteiger partial charge in [-0.3, -0.25) is 4.79 Å². The van der Waals surface area contributed by atoms with E-state index in [2.05, 4.69) is 10.1 Å². The van der Waals surface area contributed by atoms with Crippen LogP contribution in [0.2, 0.25) is 0 Å². The molecule has 1 N–H and O–H groups in total. The van der Waals surface area contributed by atoms with E-state index in [-0.39, 0.29) is 11.4 Å². The van der Waals surface area contributed by atoms with E-state index in [0.29, 0.717) is 12.2 Å². The van der Waals surface area contributed by atoms with Gasteiger partial charge in [-0.2, -0.15) is 8.78 Å². The molecule has 1 heterocycles. The van der Waals surface area contributed by atoms with Gasteiger partial charge in [0.25, 0.3) is 5.91 Å². The van der Waals surface area contributed by atoms with Crippen molar-refractivity contribution in [2.45, 2.75) is 19.1 Å². The van der Waals surface area contributed by atoms with Crippen LogP contribution in [0.1, 0.15) is 5.56 Å². The van der Waals surface area contributed by atoms with Gasteiger partial charge in [-0.15, -0.1) is 0 Å². The molecule has 1 atom stereocenters. The molecule has 3 rings (SSSR count). The Morgan fingerprint density at radius 1 is 1.18 bits per heavy atom. The Balaban J connectivity index is 1.71. The molecular weight excluding hydrogens is 292 g/mol. The first kappa shape index (κ1) is 14.3. The van der Waals surface area contributed by atoms with E-state index in [0.717, 1.165) is 5.56 Å². The number of ether oxygens (including phenoxy) is 2. The standard InChI is InChI=1S/C16H13F2NO3/c17-16(18)22-13-8-4-2-6-11(13)19-15(20)14-9-10-5-1-3-7-12(10)21-14/h1-8,14,16H,9H2,(H,19,20). The Morgan fingerprint density at radius 2 is 1.91 bits per heavy atom. The molecule has 1 aliphatic rings. The maximum Gasteiger partial charge on any atom is 0.387 e. The third-order valence-corrected chi connectivity index (χ3v) is 3.30. The molecule has 2 aromatic carbocycles. The zero-order chi connectivity index (χ0) is 15.5. The molecule has 1 unspecified atom stereocenters. The minimum Gasteiger partial charge on any atom is -0.480 e. The molecule has 114 valence electrons. The summed E-state index contributed by atoms with van der Waals surface area (Å²) in [5, 5.41) is 2.57. The van der Waals surface area contributed by atoms with Gasteiger partial charge < -0.3 is 14.8 Å². The number of hydrogen-bond acceptors (Lipinski definition) is 3. The monoisotopic (exact) mass is 305 g/mol. The lowest BCUT2D eigenvalue weighted by Gasteiger charge is -2.14. The van der Waals surface area contributed by atoms with Crippen molar-refractivity contribution in [2.75, 3.05) is 5.32 Å². The predicted molar refractivity (Wildman–Crippen MR) is 76.3 cm³/mol. The second-order valence-electron chi connectivity index (χ2n) is 4.78. The van der Waals surface area contributed by atoms with Crippen LogP contribution in [0.5, 0.6) is 11.5 Å². The van der Waals surface area contributed by atoms with E-state index >= 15 is 0 Å². The quantitative estimate of drug-likeness (QED) is 0.943. The molecule has 4 nitrogen and oxygen atoms in total. The van der Waals surface area contributed by atoms with Gasteiger partial charge in [0.2, 0.25) is 0 Å². The lowest BCUT2D eigenvalue weighted by molar-refractivity contribution is -0.122. The number of anilines is 1. The second-order valence-corrected chi connectivity index (χ2v) is 4.78. The number of rotatable bonds is 4. The number of hydrogen-bond donors (Lipinski definition) is 1. The molecule has 0 aromatic heterocycles. The second kappa shape index (κ2) is 6.01. The number of alkyl halides is 2. The Morgan fingerprint density at radius 3 is 2.68 bits per heavy atom. The van der Waals surface area contributed by atoms with Crippen LogP contribution < -0.4 is 14.8 Å². The summed E-state index contributed by atoms with van der Waals surface area (Å²) in [6.45, 7) is -2.95. The zero-order valence-corrected chi connectivity index (χ0v) is 11.5. The molecule has 0 fully saturated rings. The van der Waals surface area contributed by atoms with Gasteiger partial charge in [-0.05, 0) is 23.8 Å². The minimum absolute atomic E-state index is 0.0821. The summed E-state index contributed by atoms with van der Waals surface area (Å²) < 4.78 is 34.7. The fraction of sp³-hybridized carbons (Fsp3) is 0.188. The molecule has 1 aliphatic heterocycles. The number of nitrogens with one attached hydrogen (secondary N) is 1. The maximum absolute atomic E-state index is 12.4. The smallest absolute Gasteiger partial charge is 0.387 e. The Bertz CT molecular complexity index is 666. The van der Waals surface area contributed by atoms with Crippen LogP contribution in [-0.2, 0) is 11.2 Å². The van der Waals surface area contributed by atoms with Crippen LogP contribution in [0.3, 0.4) is 0 Å². The molecule has 0 radical (unpaired) electrons. The predicted octanol–water partition coefficient (Wildman–Crippen LogP) is 3.23. The van der Waals surface area contributed by atoms with Gasteiger partial charge in [0.05, 0.1) is 5.69 Å². The van der Waals surface area contributed by atoms with Crippen molar-refractivity contribution in [1.29, 1.82) is 0 Å². The summed E-state index contributed by atoms with van der Waals surface area (Å²) in [7, 11) is 0. The van der Waals surface area contributed by atoms with Crippen LogP contribution in [0.25, 0.3) is 0 Å². The highest BCUT2D eigenvalue weighted by molar-refractivity contribution is 5.96. The number of carbonyl (C=O) groups is 1. The summed E-state index contributed by atoms with van der Waals surface area (Å²) in [5.41, 5.74) is 1.13. The van der Waals surface area contributed by atoms with Crippen molar-refractivity contribution in [2.24, 2.45) is 0 Å². The Hall–Kier alpha value is -2.63. The molecule has 6 heteroatoms. The minimum atomic E-state index is -2.95. The van der Waals surface area contributed by atoms with Crippen molar-refractivity contribution in [3.63, 3.8) is 0 Å². The van der Waals surface area contributed by atoms with E-state index in [1.165, 1.54) is 12.1 Å². The van der Waals surface area contributed by atoms with E-state index in [4.69, 9.17) is 4.74 Å². The van der Waals surface area contributed by atoms with Gasteiger partial charge in [0.1, 0.15) is 11.5 Å². The lowest BCUT2D eigenvalue weighted by atomic mass is 10.1. The van der Waals surface area contributed by atoms with E-state index in [9.17, 15) is 13.6 Å². The molecular formula is C16H13F2NO3. The first-order valence-corrected chi connectivity index (χ1v) is 6.73. The highest BCUT2D eigenvalue weighted by atomic mass is 19.3. The third kappa shape index (κ3) is 3.00. The molecule has 22 heavy (non-hydrogen) atoms. The van der Waals surface area contributed by atoms with Gasteiger partial charge in [0, 0.05) is 6.42 Å². The average molecular weight is 305 g/mol. The van der Waals surface area contributed by atoms with Crippen molar-refractivity contribution in [3.05, 3.63) is 54.1 Å². The lowest BCUT2D eigenvalue weighted by Crippen LogP contribution is -2.31. The van der Waals surface area contributed by atoms with Crippen molar-refractivity contribution in [1.82, 2.24) is 0 Å². The topological polar surface area (TPSA) is 47.6 Å². The van der Waals surface area contributed by atoms with Gasteiger partial charge in [-0.25, -0.2) is 0 Å². The van der Waals surface area contributed by atoms with Gasteiger partial charge >= 0.3 is 6.61 Å². The van der Waals surface area contributed by atoms with Gasteiger partial charge in [-0.1, -0.05) is 30.3 Å². The van der Waals surface area contributed by atoms with E-state index in [1.54, 1.807) is 18.2 Å². The average Bonchev–Trinajstić information content (AvgIpc) is 2.93. The zero-order valence-electron chi connectivity index (χ0n) is 11.5. The molecule has 0 saturated carbocycles. The summed E-state index contributed by atoms with van der Waals surface area (Å²) >= 11 is 0. The number of fused-ring (bicyclic) bond motifs is 1. The van der Waals surface area contributed by atoms with Gasteiger partial charge in [0.15, 0.2) is 6.10 Å². The molecule has 2 aromatic rings. The van der Waals surface area contributed by atoms with E-state index in [1.807, 2.05) is 18.2 Å². The summed E-state index contributed by atoms with van der Waals surface area (Å²) in [6.07, 6.45) is -0.239. The first-order chi connectivity index (χ1) is 10.6. The molecule has 0 saturated heterocycles. The largest absolute Gasteiger partial charge is 0.480 e. The number of halogens is 2. The van der Waals surface area contributed by atoms with E-state index < -0.39 is 18.6 Å². The summed E-state index contributed by atoms with van der Waals surface area (Å²) in [4.78, 5) is 12.2. The molecule has 0 spiro atoms. The van der Waals surface area contributed by atoms with Crippen molar-refractivity contribution >= 4 is 11.6 Å². The highest BCUT2D eigenvalue weighted by Gasteiger charge is 2.29. The van der Waals surface area contributed by atoms with Crippen LogP contribution in [0.4, 0.5) is 14.5 Å². The van der Waals surface area contributed by atoms with Crippen LogP contribution in [0, 0.1) is 0 Å². The number of para-hydroxylation sites is 3. The Labute approximate surface area is 125 Å². The fourth-order valence-corrected chi connectivity index (χ4v) is 2.31. The number of benzene rings is 2. The number of carbonyl (C=O) groups excluding carboxylic acids is 1. The normalized spacial score (nSPS) is 16.0. The fourth-order valence-electron chi connectivity index (χ4n) is 2.31. The molecule has 0 aliphatic carbocycles. The molecule has 0 bridgehead atoms.